The van der Waals surface area contributed by atoms with Crippen molar-refractivity contribution < 1.29 is 19.1 Å². The fourth-order valence-corrected chi connectivity index (χ4v) is 2.33. The lowest BCUT2D eigenvalue weighted by Crippen LogP contribution is -2.42. The first-order chi connectivity index (χ1) is 12.1. The summed E-state index contributed by atoms with van der Waals surface area (Å²) in [6.45, 7) is 2.04. The number of methoxy groups -OCH3 is 2. The summed E-state index contributed by atoms with van der Waals surface area (Å²) in [5, 5.41) is 0. The Kier molecular flexibility index (Phi) is 6.39. The van der Waals surface area contributed by atoms with Crippen molar-refractivity contribution in [1.82, 2.24) is 10.9 Å². The Labute approximate surface area is 147 Å². The normalized spacial score (nSPS) is 10.0. The van der Waals surface area contributed by atoms with Gasteiger partial charge < -0.3 is 9.47 Å². The Bertz CT molecular complexity index is 742. The van der Waals surface area contributed by atoms with Gasteiger partial charge in [0, 0.05) is 11.1 Å². The molecule has 132 valence electrons. The van der Waals surface area contributed by atoms with Gasteiger partial charge in [0.2, 0.25) is 5.91 Å². The second-order valence-electron chi connectivity index (χ2n) is 5.41. The zero-order valence-corrected chi connectivity index (χ0v) is 14.6. The van der Waals surface area contributed by atoms with Crippen LogP contribution in [0.2, 0.25) is 0 Å². The van der Waals surface area contributed by atoms with Gasteiger partial charge in [-0.05, 0) is 42.3 Å². The highest BCUT2D eigenvalue weighted by Crippen LogP contribution is 2.24. The van der Waals surface area contributed by atoms with Gasteiger partial charge in [-0.3, -0.25) is 20.4 Å². The molecule has 0 radical (unpaired) electrons. The van der Waals surface area contributed by atoms with Gasteiger partial charge in [0.05, 0.1) is 20.6 Å². The monoisotopic (exact) mass is 342 g/mol. The molecule has 0 aromatic heterocycles. The number of hydrogen-bond donors (Lipinski definition) is 2. The molecule has 0 bridgehead atoms. The molecule has 0 unspecified atom stereocenters. The van der Waals surface area contributed by atoms with Crippen LogP contribution < -0.4 is 20.3 Å². The van der Waals surface area contributed by atoms with E-state index in [4.69, 9.17) is 9.47 Å². The summed E-state index contributed by atoms with van der Waals surface area (Å²) in [4.78, 5) is 24.1. The molecule has 0 saturated carbocycles. The molecule has 0 heterocycles. The smallest absolute Gasteiger partial charge is 0.269 e. The van der Waals surface area contributed by atoms with Gasteiger partial charge in [0.25, 0.3) is 5.91 Å². The SMILES string of the molecule is CCc1ccc(C(=O)NNC(=O)Cc2cc(OC)ccc2OC)cc1. The van der Waals surface area contributed by atoms with E-state index in [9.17, 15) is 9.59 Å². The molecule has 0 fully saturated rings. The third-order valence-corrected chi connectivity index (χ3v) is 3.78. The molecule has 0 saturated heterocycles. The molecule has 2 aromatic carbocycles. The van der Waals surface area contributed by atoms with Gasteiger partial charge in [-0.1, -0.05) is 19.1 Å². The molecule has 2 rings (SSSR count). The zero-order chi connectivity index (χ0) is 18.2. The summed E-state index contributed by atoms with van der Waals surface area (Å²) in [5.41, 5.74) is 7.12. The van der Waals surface area contributed by atoms with Crippen LogP contribution in [-0.2, 0) is 17.6 Å². The molecule has 0 spiro atoms. The molecule has 0 aliphatic heterocycles. The molecular weight excluding hydrogens is 320 g/mol. The molecule has 25 heavy (non-hydrogen) atoms. The number of amides is 2. The van der Waals surface area contributed by atoms with Crippen LogP contribution in [0.3, 0.4) is 0 Å². The summed E-state index contributed by atoms with van der Waals surface area (Å²) in [7, 11) is 3.08. The molecule has 6 heteroatoms. The van der Waals surface area contributed by atoms with E-state index in [2.05, 4.69) is 10.9 Å². The minimum Gasteiger partial charge on any atom is -0.497 e. The first-order valence-electron chi connectivity index (χ1n) is 7.96. The molecule has 2 N–H and O–H groups in total. The zero-order valence-electron chi connectivity index (χ0n) is 14.6. The van der Waals surface area contributed by atoms with Crippen LogP contribution in [0.5, 0.6) is 11.5 Å². The number of hydrogen-bond acceptors (Lipinski definition) is 4. The summed E-state index contributed by atoms with van der Waals surface area (Å²) >= 11 is 0. The van der Waals surface area contributed by atoms with Crippen molar-refractivity contribution in [2.24, 2.45) is 0 Å². The number of rotatable bonds is 6. The summed E-state index contributed by atoms with van der Waals surface area (Å²) in [5.74, 6) is 0.486. The van der Waals surface area contributed by atoms with Gasteiger partial charge in [0.1, 0.15) is 11.5 Å². The van der Waals surface area contributed by atoms with E-state index in [1.807, 2.05) is 19.1 Å². The van der Waals surface area contributed by atoms with Gasteiger partial charge >= 0.3 is 0 Å². The lowest BCUT2D eigenvalue weighted by Gasteiger charge is -2.11. The van der Waals surface area contributed by atoms with Gasteiger partial charge in [-0.15, -0.1) is 0 Å². The Balaban J connectivity index is 1.95. The molecule has 2 aromatic rings. The van der Waals surface area contributed by atoms with Crippen LogP contribution in [-0.4, -0.2) is 26.0 Å². The van der Waals surface area contributed by atoms with Crippen molar-refractivity contribution in [3.63, 3.8) is 0 Å². The van der Waals surface area contributed by atoms with Crippen molar-refractivity contribution in [2.45, 2.75) is 19.8 Å². The molecule has 6 nitrogen and oxygen atoms in total. The number of benzene rings is 2. The maximum absolute atomic E-state index is 12.1. The second-order valence-corrected chi connectivity index (χ2v) is 5.41. The van der Waals surface area contributed by atoms with Crippen LogP contribution in [0.15, 0.2) is 42.5 Å². The van der Waals surface area contributed by atoms with Crippen LogP contribution in [0.4, 0.5) is 0 Å². The maximum Gasteiger partial charge on any atom is 0.269 e. The van der Waals surface area contributed by atoms with Crippen LogP contribution in [0, 0.1) is 0 Å². The van der Waals surface area contributed by atoms with E-state index < -0.39 is 0 Å². The lowest BCUT2D eigenvalue weighted by molar-refractivity contribution is -0.121. The van der Waals surface area contributed by atoms with E-state index in [0.29, 0.717) is 22.6 Å². The molecule has 0 atom stereocenters. The number of carbonyl (C=O) groups is 2. The standard InChI is InChI=1S/C19H22N2O4/c1-4-13-5-7-14(8-6-13)19(23)21-20-18(22)12-15-11-16(24-2)9-10-17(15)25-3/h5-11H,4,12H2,1-3H3,(H,20,22)(H,21,23). The molecule has 2 amide bonds. The Morgan fingerprint density at radius 3 is 2.28 bits per heavy atom. The van der Waals surface area contributed by atoms with Crippen LogP contribution in [0.1, 0.15) is 28.4 Å². The van der Waals surface area contributed by atoms with E-state index in [0.717, 1.165) is 12.0 Å². The fourth-order valence-electron chi connectivity index (χ4n) is 2.33. The van der Waals surface area contributed by atoms with Crippen molar-refractivity contribution in [3.8, 4) is 11.5 Å². The predicted octanol–water partition coefficient (Wildman–Crippen LogP) is 2.27. The Morgan fingerprint density at radius 2 is 1.68 bits per heavy atom. The minimum atomic E-state index is -0.367. The predicted molar refractivity (Wildman–Crippen MR) is 94.7 cm³/mol. The van der Waals surface area contributed by atoms with Crippen LogP contribution in [0.25, 0.3) is 0 Å². The number of nitrogens with one attached hydrogen (secondary N) is 2. The van der Waals surface area contributed by atoms with E-state index in [1.165, 1.54) is 7.11 Å². The highest BCUT2D eigenvalue weighted by atomic mass is 16.5. The van der Waals surface area contributed by atoms with E-state index >= 15 is 0 Å². The molecule has 0 aliphatic rings. The number of ether oxygens (including phenoxy) is 2. The Morgan fingerprint density at radius 1 is 0.960 bits per heavy atom. The molecular formula is C19H22N2O4. The summed E-state index contributed by atoms with van der Waals surface area (Å²) in [6.07, 6.45) is 0.955. The van der Waals surface area contributed by atoms with Crippen LogP contribution >= 0.6 is 0 Å². The summed E-state index contributed by atoms with van der Waals surface area (Å²) in [6, 6.07) is 12.4. The second kappa shape index (κ2) is 8.73. The number of carbonyl (C=O) groups excluding carboxylic acids is 2. The average molecular weight is 342 g/mol. The largest absolute Gasteiger partial charge is 0.497 e. The van der Waals surface area contributed by atoms with Crippen molar-refractivity contribution >= 4 is 11.8 Å². The average Bonchev–Trinajstić information content (AvgIpc) is 2.66. The lowest BCUT2D eigenvalue weighted by atomic mass is 10.1. The van der Waals surface area contributed by atoms with E-state index in [1.54, 1.807) is 37.4 Å². The minimum absolute atomic E-state index is 0.0510. The number of hydrazine groups is 1. The third-order valence-electron chi connectivity index (χ3n) is 3.78. The quantitative estimate of drug-likeness (QED) is 0.790. The van der Waals surface area contributed by atoms with E-state index in [-0.39, 0.29) is 18.2 Å². The third kappa shape index (κ3) is 4.97. The van der Waals surface area contributed by atoms with Gasteiger partial charge in [-0.2, -0.15) is 0 Å². The number of aryl methyl sites for hydroxylation is 1. The van der Waals surface area contributed by atoms with Crippen molar-refractivity contribution in [3.05, 3.63) is 59.2 Å². The van der Waals surface area contributed by atoms with Gasteiger partial charge in [0.15, 0.2) is 0 Å². The summed E-state index contributed by atoms with van der Waals surface area (Å²) < 4.78 is 10.4. The fraction of sp³-hybridized carbons (Fsp3) is 0.263. The first-order valence-corrected chi connectivity index (χ1v) is 7.96. The van der Waals surface area contributed by atoms with Gasteiger partial charge in [-0.25, -0.2) is 0 Å². The first kappa shape index (κ1) is 18.3. The highest BCUT2D eigenvalue weighted by Gasteiger charge is 2.12. The highest BCUT2D eigenvalue weighted by molar-refractivity contribution is 5.95. The topological polar surface area (TPSA) is 76.7 Å². The van der Waals surface area contributed by atoms with Crippen molar-refractivity contribution in [2.75, 3.05) is 14.2 Å². The van der Waals surface area contributed by atoms with Crippen molar-refractivity contribution in [1.29, 1.82) is 0 Å². The Hall–Kier alpha value is -3.02. The molecule has 0 aliphatic carbocycles. The maximum atomic E-state index is 12.1.